The molecule has 160 valence electrons. The second-order valence-corrected chi connectivity index (χ2v) is 8.40. The van der Waals surface area contributed by atoms with Gasteiger partial charge >= 0.3 is 0 Å². The Morgan fingerprint density at radius 3 is 1.58 bits per heavy atom. The lowest BCUT2D eigenvalue weighted by molar-refractivity contribution is 1.07. The van der Waals surface area contributed by atoms with E-state index < -0.39 is 0 Å². The summed E-state index contributed by atoms with van der Waals surface area (Å²) in [6.07, 6.45) is 0. The molecule has 0 unspecified atom stereocenters. The number of hydrogen-bond donors (Lipinski definition) is 2. The Morgan fingerprint density at radius 2 is 1.00 bits per heavy atom. The van der Waals surface area contributed by atoms with Crippen LogP contribution in [0.15, 0.2) is 103 Å². The van der Waals surface area contributed by atoms with Crippen LogP contribution in [-0.4, -0.2) is 9.13 Å². The van der Waals surface area contributed by atoms with E-state index in [1.165, 1.54) is 5.56 Å². The maximum atomic E-state index is 6.90. The van der Waals surface area contributed by atoms with E-state index in [1.54, 1.807) is 0 Å². The van der Waals surface area contributed by atoms with Crippen molar-refractivity contribution in [1.82, 2.24) is 9.13 Å². The van der Waals surface area contributed by atoms with E-state index in [-0.39, 0.29) is 0 Å². The first-order valence-electron chi connectivity index (χ1n) is 11.1. The molecule has 0 radical (unpaired) electrons. The van der Waals surface area contributed by atoms with E-state index in [1.807, 2.05) is 42.5 Å². The molecule has 0 atom stereocenters. The van der Waals surface area contributed by atoms with Crippen molar-refractivity contribution in [1.29, 1.82) is 0 Å². The number of anilines is 2. The van der Waals surface area contributed by atoms with Gasteiger partial charge in [-0.15, -0.1) is 0 Å². The van der Waals surface area contributed by atoms with Gasteiger partial charge < -0.3 is 20.6 Å². The molecule has 4 aromatic carbocycles. The number of aryl methyl sites for hydroxylation is 1. The maximum absolute atomic E-state index is 6.90. The average Bonchev–Trinajstić information content (AvgIpc) is 3.31. The highest BCUT2D eigenvalue weighted by Gasteiger charge is 2.25. The van der Waals surface area contributed by atoms with E-state index in [0.29, 0.717) is 0 Å². The first-order valence-corrected chi connectivity index (χ1v) is 11.1. The number of para-hydroxylation sites is 3. The van der Waals surface area contributed by atoms with Gasteiger partial charge in [-0.05, 0) is 48.9 Å². The van der Waals surface area contributed by atoms with Crippen LogP contribution in [0.2, 0.25) is 0 Å². The normalized spacial score (nSPS) is 11.4. The first-order chi connectivity index (χ1) is 16.1. The first kappa shape index (κ1) is 19.3. The maximum Gasteiger partial charge on any atom is 0.0964 e. The predicted molar refractivity (Wildman–Crippen MR) is 139 cm³/mol. The molecule has 4 N–H and O–H groups in total. The minimum Gasteiger partial charge on any atom is -0.396 e. The number of aromatic nitrogens is 2. The van der Waals surface area contributed by atoms with Gasteiger partial charge in [0, 0.05) is 22.1 Å². The molecule has 0 spiro atoms. The summed E-state index contributed by atoms with van der Waals surface area (Å²) in [5.41, 5.74) is 22.4. The lowest BCUT2D eigenvalue weighted by atomic mass is 10.1. The minimum absolute atomic E-state index is 0.720. The van der Waals surface area contributed by atoms with E-state index in [4.69, 9.17) is 11.5 Å². The highest BCUT2D eigenvalue weighted by Crippen LogP contribution is 2.45. The van der Waals surface area contributed by atoms with Crippen LogP contribution in [0.3, 0.4) is 0 Å². The number of rotatable bonds is 3. The van der Waals surface area contributed by atoms with Crippen LogP contribution in [0.5, 0.6) is 0 Å². The summed E-state index contributed by atoms with van der Waals surface area (Å²) in [5.74, 6) is 0. The summed E-state index contributed by atoms with van der Waals surface area (Å²) < 4.78 is 4.46. The smallest absolute Gasteiger partial charge is 0.0964 e. The molecule has 0 aliphatic heterocycles. The molecular weight excluding hydrogens is 404 g/mol. The fraction of sp³-hybridized carbons (Fsp3) is 0.0345. The molecule has 0 aliphatic rings. The molecule has 2 heterocycles. The van der Waals surface area contributed by atoms with E-state index in [2.05, 4.69) is 76.7 Å². The van der Waals surface area contributed by atoms with Gasteiger partial charge in [0.2, 0.25) is 0 Å². The quantitative estimate of drug-likeness (QED) is 0.329. The molecule has 0 bridgehead atoms. The van der Waals surface area contributed by atoms with Crippen molar-refractivity contribution < 1.29 is 0 Å². The number of nitrogens with two attached hydrogens (primary N) is 2. The second-order valence-electron chi connectivity index (χ2n) is 8.40. The number of nitrogen functional groups attached to an aromatic ring is 2. The van der Waals surface area contributed by atoms with E-state index in [0.717, 1.165) is 55.9 Å². The van der Waals surface area contributed by atoms with Crippen LogP contribution in [0, 0.1) is 6.92 Å². The van der Waals surface area contributed by atoms with Gasteiger partial charge in [-0.25, -0.2) is 0 Å². The zero-order valence-corrected chi connectivity index (χ0v) is 18.4. The Labute approximate surface area is 192 Å². The van der Waals surface area contributed by atoms with Crippen LogP contribution >= 0.6 is 0 Å². The van der Waals surface area contributed by atoms with Crippen molar-refractivity contribution in [2.45, 2.75) is 6.92 Å². The monoisotopic (exact) mass is 428 g/mol. The third kappa shape index (κ3) is 2.84. The van der Waals surface area contributed by atoms with Crippen molar-refractivity contribution in [3.8, 4) is 22.8 Å². The lowest BCUT2D eigenvalue weighted by Gasteiger charge is -2.16. The molecule has 4 heteroatoms. The molecule has 0 saturated heterocycles. The molecule has 0 amide bonds. The average molecular weight is 429 g/mol. The number of benzene rings is 4. The molecule has 33 heavy (non-hydrogen) atoms. The SMILES string of the molecule is Cc1cccc(-n2c(-c3c(N)c4ccccc4n3-c3ccccc3)c(N)c3ccccc32)c1. The topological polar surface area (TPSA) is 61.9 Å². The second kappa shape index (κ2) is 7.31. The molecule has 6 rings (SSSR count). The van der Waals surface area contributed by atoms with Crippen molar-refractivity contribution in [2.24, 2.45) is 0 Å². The zero-order valence-electron chi connectivity index (χ0n) is 18.4. The van der Waals surface area contributed by atoms with Gasteiger partial charge in [-0.1, -0.05) is 66.7 Å². The van der Waals surface area contributed by atoms with Gasteiger partial charge in [-0.2, -0.15) is 0 Å². The van der Waals surface area contributed by atoms with E-state index in [9.17, 15) is 0 Å². The minimum atomic E-state index is 0.720. The van der Waals surface area contributed by atoms with Gasteiger partial charge in [0.1, 0.15) is 0 Å². The van der Waals surface area contributed by atoms with Crippen molar-refractivity contribution in [3.63, 3.8) is 0 Å². The molecule has 0 fully saturated rings. The van der Waals surface area contributed by atoms with Crippen molar-refractivity contribution >= 4 is 33.2 Å². The molecule has 2 aromatic heterocycles. The Morgan fingerprint density at radius 1 is 0.515 bits per heavy atom. The highest BCUT2D eigenvalue weighted by atomic mass is 15.1. The van der Waals surface area contributed by atoms with E-state index >= 15 is 0 Å². The summed E-state index contributed by atoms with van der Waals surface area (Å²) >= 11 is 0. The summed E-state index contributed by atoms with van der Waals surface area (Å²) in [6, 6.07) is 35.3. The summed E-state index contributed by atoms with van der Waals surface area (Å²) in [7, 11) is 0. The summed E-state index contributed by atoms with van der Waals surface area (Å²) in [5, 5.41) is 2.02. The third-order valence-corrected chi connectivity index (χ3v) is 6.33. The van der Waals surface area contributed by atoms with Crippen molar-refractivity contribution in [2.75, 3.05) is 11.5 Å². The Hall–Kier alpha value is -4.44. The molecule has 0 aliphatic carbocycles. The van der Waals surface area contributed by atoms with Crippen LogP contribution in [0.1, 0.15) is 5.56 Å². The summed E-state index contributed by atoms with van der Waals surface area (Å²) in [6.45, 7) is 2.10. The van der Waals surface area contributed by atoms with Crippen LogP contribution in [-0.2, 0) is 0 Å². The predicted octanol–water partition coefficient (Wildman–Crippen LogP) is 6.71. The molecule has 4 nitrogen and oxygen atoms in total. The Balaban J connectivity index is 1.82. The summed E-state index contributed by atoms with van der Waals surface area (Å²) in [4.78, 5) is 0. The molecule has 6 aromatic rings. The fourth-order valence-electron chi connectivity index (χ4n) is 4.88. The Kier molecular flexibility index (Phi) is 4.27. The number of nitrogens with zero attached hydrogens (tertiary/aromatic N) is 2. The third-order valence-electron chi connectivity index (χ3n) is 6.33. The number of hydrogen-bond acceptors (Lipinski definition) is 2. The highest BCUT2D eigenvalue weighted by molar-refractivity contribution is 6.09. The zero-order chi connectivity index (χ0) is 22.5. The Bertz CT molecular complexity index is 1640. The standard InChI is InChI=1S/C29H24N4/c1-19-10-9-13-21(18-19)33-25-17-8-6-15-23(25)27(31)29(33)28-26(30)22-14-5-7-16-24(22)32(28)20-11-3-2-4-12-20/h2-18H,30-31H2,1H3. The number of fused-ring (bicyclic) bond motifs is 2. The molecular formula is C29H24N4. The van der Waals surface area contributed by atoms with Gasteiger partial charge in [-0.3, -0.25) is 0 Å². The van der Waals surface area contributed by atoms with Gasteiger partial charge in [0.15, 0.2) is 0 Å². The largest absolute Gasteiger partial charge is 0.396 e. The van der Waals surface area contributed by atoms with Crippen LogP contribution < -0.4 is 11.5 Å². The van der Waals surface area contributed by atoms with Gasteiger partial charge in [0.25, 0.3) is 0 Å². The fourth-order valence-corrected chi connectivity index (χ4v) is 4.88. The lowest BCUT2D eigenvalue weighted by Crippen LogP contribution is -2.05. The van der Waals surface area contributed by atoms with Crippen LogP contribution in [0.25, 0.3) is 44.6 Å². The van der Waals surface area contributed by atoms with Crippen molar-refractivity contribution in [3.05, 3.63) is 109 Å². The molecule has 0 saturated carbocycles. The van der Waals surface area contributed by atoms with Crippen LogP contribution in [0.4, 0.5) is 11.4 Å². The van der Waals surface area contributed by atoms with Gasteiger partial charge in [0.05, 0.1) is 33.8 Å².